The lowest BCUT2D eigenvalue weighted by atomic mass is 9.60. The summed E-state index contributed by atoms with van der Waals surface area (Å²) in [5, 5.41) is 9.38. The number of hydrogen-bond acceptors (Lipinski definition) is 1. The van der Waals surface area contributed by atoms with E-state index in [0.717, 1.165) is 35.5 Å². The molecule has 0 heterocycles. The summed E-state index contributed by atoms with van der Waals surface area (Å²) in [6.07, 6.45) is 17.4. The maximum Gasteiger partial charge on any atom is 0.0459 e. The number of hydrogen-bond donors (Lipinski definition) is 1. The predicted octanol–water partition coefficient (Wildman–Crippen LogP) is 6.05. The van der Waals surface area contributed by atoms with Crippen LogP contribution < -0.4 is 0 Å². The van der Waals surface area contributed by atoms with Gasteiger partial charge in [-0.15, -0.1) is 0 Å². The van der Waals surface area contributed by atoms with Gasteiger partial charge in [-0.2, -0.15) is 0 Å². The zero-order valence-corrected chi connectivity index (χ0v) is 15.7. The molecular weight excluding hydrogens is 280 g/mol. The highest BCUT2D eigenvalue weighted by Crippen LogP contribution is 2.49. The maximum absolute atomic E-state index is 9.38. The van der Waals surface area contributed by atoms with Crippen LogP contribution in [-0.4, -0.2) is 11.7 Å². The van der Waals surface area contributed by atoms with Gasteiger partial charge in [0.15, 0.2) is 0 Å². The van der Waals surface area contributed by atoms with Crippen LogP contribution in [0.4, 0.5) is 0 Å². The Bertz CT molecular complexity index is 336. The third-order valence-corrected chi connectivity index (χ3v) is 8.09. The van der Waals surface area contributed by atoms with Gasteiger partial charge in [-0.1, -0.05) is 33.1 Å². The van der Waals surface area contributed by atoms with E-state index in [9.17, 15) is 5.11 Å². The topological polar surface area (TPSA) is 20.2 Å². The molecule has 0 bridgehead atoms. The Morgan fingerprint density at radius 3 is 1.96 bits per heavy atom. The summed E-state index contributed by atoms with van der Waals surface area (Å²) < 4.78 is 0. The molecule has 0 saturated heterocycles. The second kappa shape index (κ2) is 8.37. The maximum atomic E-state index is 9.38. The molecule has 0 aromatic rings. The molecule has 23 heavy (non-hydrogen) atoms. The first-order valence-electron chi connectivity index (χ1n) is 10.8. The van der Waals surface area contributed by atoms with Crippen molar-refractivity contribution in [3.05, 3.63) is 0 Å². The molecule has 3 rings (SSSR count). The van der Waals surface area contributed by atoms with Gasteiger partial charge in [-0.05, 0) is 99.2 Å². The highest BCUT2D eigenvalue weighted by atomic mass is 16.3. The van der Waals surface area contributed by atoms with Crippen molar-refractivity contribution < 1.29 is 5.11 Å². The first kappa shape index (κ1) is 17.8. The summed E-state index contributed by atoms with van der Waals surface area (Å²) in [6.45, 7) is 5.32. The monoisotopic (exact) mass is 320 g/mol. The molecule has 3 fully saturated rings. The quantitative estimate of drug-likeness (QED) is 0.668. The molecule has 3 unspecified atom stereocenters. The zero-order valence-electron chi connectivity index (χ0n) is 15.7. The minimum Gasteiger partial charge on any atom is -0.396 e. The number of aliphatic hydroxyl groups is 1. The van der Waals surface area contributed by atoms with Crippen LogP contribution in [0.2, 0.25) is 0 Å². The van der Waals surface area contributed by atoms with Crippen LogP contribution in [0, 0.1) is 41.4 Å². The molecule has 0 aromatic carbocycles. The first-order chi connectivity index (χ1) is 11.2. The average molecular weight is 321 g/mol. The number of aliphatic hydroxyl groups excluding tert-OH is 1. The molecule has 3 aliphatic carbocycles. The summed E-state index contributed by atoms with van der Waals surface area (Å²) in [4.78, 5) is 0. The van der Waals surface area contributed by atoms with Crippen molar-refractivity contribution in [1.29, 1.82) is 0 Å². The standard InChI is InChI=1S/C22H40O/c1-3-18-14-21(19-8-4-16(2)5-9-19)12-13-22(18)20-10-6-17(15-23)7-11-20/h16-23H,3-15H2,1-2H3. The van der Waals surface area contributed by atoms with Crippen molar-refractivity contribution in [2.24, 2.45) is 41.4 Å². The molecule has 1 heteroatoms. The fraction of sp³-hybridized carbons (Fsp3) is 1.00. The van der Waals surface area contributed by atoms with Gasteiger partial charge < -0.3 is 5.11 Å². The highest BCUT2D eigenvalue weighted by Gasteiger charge is 2.38. The second-order valence-electron chi connectivity index (χ2n) is 9.39. The zero-order chi connectivity index (χ0) is 16.2. The van der Waals surface area contributed by atoms with Crippen LogP contribution in [0.25, 0.3) is 0 Å². The van der Waals surface area contributed by atoms with Gasteiger partial charge in [-0.3, -0.25) is 0 Å². The Hall–Kier alpha value is -0.0400. The summed E-state index contributed by atoms with van der Waals surface area (Å²) in [6, 6.07) is 0. The summed E-state index contributed by atoms with van der Waals surface area (Å²) in [5.74, 6) is 6.72. The minimum atomic E-state index is 0.427. The van der Waals surface area contributed by atoms with Crippen LogP contribution in [0.15, 0.2) is 0 Å². The van der Waals surface area contributed by atoms with Gasteiger partial charge in [-0.25, -0.2) is 0 Å². The summed E-state index contributed by atoms with van der Waals surface area (Å²) in [7, 11) is 0. The Kier molecular flexibility index (Phi) is 6.46. The fourth-order valence-corrected chi connectivity index (χ4v) is 6.40. The van der Waals surface area contributed by atoms with E-state index in [4.69, 9.17) is 0 Å². The molecule has 0 aliphatic heterocycles. The Morgan fingerprint density at radius 1 is 0.739 bits per heavy atom. The molecule has 1 nitrogen and oxygen atoms in total. The van der Waals surface area contributed by atoms with Crippen LogP contribution in [0.5, 0.6) is 0 Å². The SMILES string of the molecule is CCC1CC(C2CCC(C)CC2)CCC1C1CCC(CO)CC1. The predicted molar refractivity (Wildman–Crippen MR) is 98.3 cm³/mol. The van der Waals surface area contributed by atoms with E-state index in [1.54, 1.807) is 6.42 Å². The van der Waals surface area contributed by atoms with Gasteiger partial charge in [0, 0.05) is 6.61 Å². The van der Waals surface area contributed by atoms with Crippen LogP contribution in [0.1, 0.15) is 90.9 Å². The van der Waals surface area contributed by atoms with E-state index in [0.29, 0.717) is 12.5 Å². The third-order valence-electron chi connectivity index (χ3n) is 8.09. The smallest absolute Gasteiger partial charge is 0.0459 e. The lowest BCUT2D eigenvalue weighted by molar-refractivity contribution is 0.0485. The van der Waals surface area contributed by atoms with Gasteiger partial charge in [0.1, 0.15) is 0 Å². The van der Waals surface area contributed by atoms with E-state index >= 15 is 0 Å². The van der Waals surface area contributed by atoms with E-state index < -0.39 is 0 Å². The van der Waals surface area contributed by atoms with Gasteiger partial charge in [0.25, 0.3) is 0 Å². The van der Waals surface area contributed by atoms with Crippen LogP contribution >= 0.6 is 0 Å². The van der Waals surface area contributed by atoms with Crippen LogP contribution in [0.3, 0.4) is 0 Å². The third kappa shape index (κ3) is 4.33. The lowest BCUT2D eigenvalue weighted by Gasteiger charge is -2.45. The van der Waals surface area contributed by atoms with Crippen molar-refractivity contribution >= 4 is 0 Å². The molecule has 3 saturated carbocycles. The van der Waals surface area contributed by atoms with E-state index in [2.05, 4.69) is 13.8 Å². The number of rotatable bonds is 4. The van der Waals surface area contributed by atoms with Gasteiger partial charge >= 0.3 is 0 Å². The molecule has 134 valence electrons. The van der Waals surface area contributed by atoms with E-state index in [1.807, 2.05) is 0 Å². The Morgan fingerprint density at radius 2 is 1.35 bits per heavy atom. The average Bonchev–Trinajstić information content (AvgIpc) is 2.62. The largest absolute Gasteiger partial charge is 0.396 e. The lowest BCUT2D eigenvalue weighted by Crippen LogP contribution is -2.35. The van der Waals surface area contributed by atoms with E-state index in [1.165, 1.54) is 70.6 Å². The van der Waals surface area contributed by atoms with Crippen molar-refractivity contribution in [3.63, 3.8) is 0 Å². The fourth-order valence-electron chi connectivity index (χ4n) is 6.40. The minimum absolute atomic E-state index is 0.427. The molecule has 0 amide bonds. The second-order valence-corrected chi connectivity index (χ2v) is 9.39. The molecule has 1 N–H and O–H groups in total. The van der Waals surface area contributed by atoms with Gasteiger partial charge in [0.2, 0.25) is 0 Å². The normalized spacial score (nSPS) is 45.8. The molecule has 0 radical (unpaired) electrons. The Balaban J connectivity index is 1.52. The molecule has 0 aromatic heterocycles. The van der Waals surface area contributed by atoms with Crippen molar-refractivity contribution in [1.82, 2.24) is 0 Å². The van der Waals surface area contributed by atoms with Gasteiger partial charge in [0.05, 0.1) is 0 Å². The molecule has 3 aliphatic rings. The molecular formula is C22H40O. The molecule has 0 spiro atoms. The van der Waals surface area contributed by atoms with E-state index in [-0.39, 0.29) is 0 Å². The first-order valence-corrected chi connectivity index (χ1v) is 10.8. The van der Waals surface area contributed by atoms with Crippen molar-refractivity contribution in [2.45, 2.75) is 90.9 Å². The van der Waals surface area contributed by atoms with Crippen molar-refractivity contribution in [2.75, 3.05) is 6.61 Å². The van der Waals surface area contributed by atoms with Crippen molar-refractivity contribution in [3.8, 4) is 0 Å². The highest BCUT2D eigenvalue weighted by molar-refractivity contribution is 4.89. The summed E-state index contributed by atoms with van der Waals surface area (Å²) in [5.41, 5.74) is 0. The molecule has 3 atom stereocenters. The summed E-state index contributed by atoms with van der Waals surface area (Å²) >= 11 is 0. The van der Waals surface area contributed by atoms with Crippen LogP contribution in [-0.2, 0) is 0 Å². The Labute approximate surface area is 144 Å².